The number of benzene rings is 1. The minimum atomic E-state index is -0.847. The fraction of sp³-hybridized carbons (Fsp3) is 0.379. The number of piperidine rings is 1. The van der Waals surface area contributed by atoms with Crippen LogP contribution in [0.15, 0.2) is 58.0 Å². The predicted molar refractivity (Wildman–Crippen MR) is 143 cm³/mol. The molecule has 0 spiro atoms. The molecular formula is C29H33N3O7. The first-order chi connectivity index (χ1) is 18.8. The number of hydrogen-bond donors (Lipinski definition) is 3. The topological polar surface area (TPSA) is 142 Å². The molecule has 0 radical (unpaired) electrons. The minimum absolute atomic E-state index is 0.0308. The second kappa shape index (κ2) is 12.5. The number of nitrogens with one attached hydrogen (secondary N) is 1. The molecular weight excluding hydrogens is 502 g/mol. The van der Waals surface area contributed by atoms with Crippen LogP contribution in [0.3, 0.4) is 0 Å². The summed E-state index contributed by atoms with van der Waals surface area (Å²) in [5.41, 5.74) is 0.869. The van der Waals surface area contributed by atoms with Crippen molar-refractivity contribution in [1.82, 2.24) is 15.2 Å². The fourth-order valence-corrected chi connectivity index (χ4v) is 4.99. The molecule has 0 saturated carbocycles. The molecule has 1 aliphatic rings. The number of pyridine rings is 1. The highest BCUT2D eigenvalue weighted by molar-refractivity contribution is 5.80. The Morgan fingerprint density at radius 3 is 2.79 bits per heavy atom. The highest BCUT2D eigenvalue weighted by Gasteiger charge is 2.29. The number of amides is 2. The summed E-state index contributed by atoms with van der Waals surface area (Å²) in [6.45, 7) is 2.36. The first-order valence-electron chi connectivity index (χ1n) is 12.9. The number of hydrogen-bond acceptors (Lipinski definition) is 8. The summed E-state index contributed by atoms with van der Waals surface area (Å²) in [7, 11) is 1.39. The molecule has 1 aliphatic heterocycles. The van der Waals surface area contributed by atoms with E-state index in [-0.39, 0.29) is 54.4 Å². The number of phenols is 1. The first kappa shape index (κ1) is 27.7. The van der Waals surface area contributed by atoms with Crippen molar-refractivity contribution in [1.29, 1.82) is 0 Å². The van der Waals surface area contributed by atoms with Crippen LogP contribution < -0.4 is 15.5 Å². The number of carbonyl (C=O) groups excluding carboxylic acids is 2. The molecule has 3 N–H and O–H groups in total. The highest BCUT2D eigenvalue weighted by atomic mass is 16.5. The van der Waals surface area contributed by atoms with Gasteiger partial charge in [-0.15, -0.1) is 0 Å². The van der Waals surface area contributed by atoms with Gasteiger partial charge in [0.05, 0.1) is 19.1 Å². The second-order valence-electron chi connectivity index (χ2n) is 9.61. The van der Waals surface area contributed by atoms with E-state index in [1.165, 1.54) is 25.3 Å². The Morgan fingerprint density at radius 1 is 1.23 bits per heavy atom. The number of ether oxygens (including phenoxy) is 1. The fourth-order valence-electron chi connectivity index (χ4n) is 4.99. The molecule has 2 aromatic heterocycles. The van der Waals surface area contributed by atoms with Crippen LogP contribution in [-0.2, 0) is 9.59 Å². The van der Waals surface area contributed by atoms with E-state index in [1.807, 2.05) is 17.0 Å². The number of rotatable bonds is 9. The summed E-state index contributed by atoms with van der Waals surface area (Å²) in [6.07, 6.45) is 6.28. The Labute approximate surface area is 226 Å². The molecule has 39 heavy (non-hydrogen) atoms. The van der Waals surface area contributed by atoms with E-state index in [2.05, 4.69) is 10.3 Å². The van der Waals surface area contributed by atoms with Gasteiger partial charge in [0.15, 0.2) is 17.3 Å². The summed E-state index contributed by atoms with van der Waals surface area (Å²) in [5, 5.41) is 23.3. The van der Waals surface area contributed by atoms with Crippen molar-refractivity contribution in [2.24, 2.45) is 0 Å². The van der Waals surface area contributed by atoms with Crippen LogP contribution in [-0.4, -0.2) is 52.1 Å². The largest absolute Gasteiger partial charge is 0.504 e. The van der Waals surface area contributed by atoms with Crippen molar-refractivity contribution in [3.63, 3.8) is 0 Å². The van der Waals surface area contributed by atoms with E-state index >= 15 is 0 Å². The van der Waals surface area contributed by atoms with Gasteiger partial charge in [-0.25, -0.2) is 0 Å². The molecule has 206 valence electrons. The number of aromatic hydroxyl groups is 2. The molecule has 10 heteroatoms. The Hall–Kier alpha value is -4.34. The standard InChI is InChI=1S/C29H33N3O7/c1-18-14-24(34)28(37)29(39-18)21(19-8-9-23(33)25(15-19)38-2)16-26(35)31-12-10-27(36)32-13-4-3-7-22(32)20-6-5-11-30-17-20/h5-6,8-9,11,14-15,17,21-22,33,37H,3-4,7,10,12-13,16H2,1-2H3,(H,31,35)/t21-,22+/m1/s1. The monoisotopic (exact) mass is 535 g/mol. The number of methoxy groups -OCH3 is 1. The number of carbonyl (C=O) groups is 2. The van der Waals surface area contributed by atoms with E-state index in [0.717, 1.165) is 24.8 Å². The zero-order valence-electron chi connectivity index (χ0n) is 22.1. The Bertz CT molecular complexity index is 1370. The lowest BCUT2D eigenvalue weighted by Gasteiger charge is -2.36. The average molecular weight is 536 g/mol. The van der Waals surface area contributed by atoms with E-state index in [4.69, 9.17) is 9.15 Å². The van der Waals surface area contributed by atoms with E-state index in [1.54, 1.807) is 25.4 Å². The zero-order valence-corrected chi connectivity index (χ0v) is 22.1. The molecule has 1 saturated heterocycles. The van der Waals surface area contributed by atoms with Gasteiger partial charge in [0.25, 0.3) is 0 Å². The van der Waals surface area contributed by atoms with Crippen LogP contribution in [0.2, 0.25) is 0 Å². The maximum Gasteiger partial charge on any atom is 0.227 e. The Balaban J connectivity index is 1.46. The van der Waals surface area contributed by atoms with Gasteiger partial charge < -0.3 is 29.6 Å². The third-order valence-corrected chi connectivity index (χ3v) is 6.94. The third kappa shape index (κ3) is 6.57. The van der Waals surface area contributed by atoms with Gasteiger partial charge in [-0.05, 0) is 55.5 Å². The normalized spacial score (nSPS) is 15.9. The average Bonchev–Trinajstić information content (AvgIpc) is 2.94. The van der Waals surface area contributed by atoms with Crippen LogP contribution in [0.5, 0.6) is 17.2 Å². The van der Waals surface area contributed by atoms with Gasteiger partial charge in [0, 0.05) is 44.4 Å². The smallest absolute Gasteiger partial charge is 0.227 e. The van der Waals surface area contributed by atoms with Crippen molar-refractivity contribution in [3.8, 4) is 17.2 Å². The van der Waals surface area contributed by atoms with E-state index in [0.29, 0.717) is 12.1 Å². The Morgan fingerprint density at radius 2 is 2.05 bits per heavy atom. The summed E-state index contributed by atoms with van der Waals surface area (Å²) < 4.78 is 10.9. The predicted octanol–water partition coefficient (Wildman–Crippen LogP) is 3.55. The number of nitrogens with zero attached hydrogens (tertiary/aromatic N) is 2. The molecule has 0 aliphatic carbocycles. The maximum atomic E-state index is 13.1. The molecule has 2 atom stereocenters. The van der Waals surface area contributed by atoms with Crippen molar-refractivity contribution in [2.45, 2.75) is 51.0 Å². The van der Waals surface area contributed by atoms with Crippen molar-refractivity contribution in [2.75, 3.05) is 20.2 Å². The highest BCUT2D eigenvalue weighted by Crippen LogP contribution is 2.37. The summed E-state index contributed by atoms with van der Waals surface area (Å²) >= 11 is 0. The number of aromatic nitrogens is 1. The van der Waals surface area contributed by atoms with Gasteiger partial charge in [-0.2, -0.15) is 0 Å². The van der Waals surface area contributed by atoms with Gasteiger partial charge in [-0.1, -0.05) is 12.1 Å². The third-order valence-electron chi connectivity index (χ3n) is 6.94. The molecule has 3 aromatic rings. The lowest BCUT2D eigenvalue weighted by atomic mass is 9.91. The number of likely N-dealkylation sites (tertiary alicyclic amines) is 1. The molecule has 2 amide bonds. The SMILES string of the molecule is COc1cc([C@@H](CC(=O)NCCC(=O)N2CCCC[C@H]2c2cccnc2)c2oc(C)cc(=O)c2O)ccc1O. The van der Waals surface area contributed by atoms with E-state index in [9.17, 15) is 24.6 Å². The molecule has 3 heterocycles. The van der Waals surface area contributed by atoms with Gasteiger partial charge in [0.1, 0.15) is 5.76 Å². The van der Waals surface area contributed by atoms with Crippen LogP contribution in [0.1, 0.15) is 66.7 Å². The van der Waals surface area contributed by atoms with Crippen molar-refractivity contribution < 1.29 is 29.0 Å². The zero-order chi connectivity index (χ0) is 27.9. The second-order valence-corrected chi connectivity index (χ2v) is 9.61. The quantitative estimate of drug-likeness (QED) is 0.378. The summed E-state index contributed by atoms with van der Waals surface area (Å²) in [5.74, 6) is -1.60. The van der Waals surface area contributed by atoms with Gasteiger partial charge >= 0.3 is 0 Å². The number of aryl methyl sites for hydroxylation is 1. The van der Waals surface area contributed by atoms with E-state index < -0.39 is 23.0 Å². The maximum absolute atomic E-state index is 13.1. The van der Waals surface area contributed by atoms with Crippen molar-refractivity contribution >= 4 is 11.8 Å². The van der Waals surface area contributed by atoms with Crippen LogP contribution >= 0.6 is 0 Å². The molecule has 1 fully saturated rings. The molecule has 4 rings (SSSR count). The lowest BCUT2D eigenvalue weighted by Crippen LogP contribution is -2.40. The minimum Gasteiger partial charge on any atom is -0.504 e. The summed E-state index contributed by atoms with van der Waals surface area (Å²) in [4.78, 5) is 44.4. The van der Waals surface area contributed by atoms with Crippen LogP contribution in [0.25, 0.3) is 0 Å². The van der Waals surface area contributed by atoms with Crippen LogP contribution in [0.4, 0.5) is 0 Å². The van der Waals surface area contributed by atoms with Crippen LogP contribution in [0, 0.1) is 6.92 Å². The number of phenolic OH excluding ortho intramolecular Hbond substituents is 1. The molecule has 10 nitrogen and oxygen atoms in total. The van der Waals surface area contributed by atoms with Gasteiger partial charge in [0.2, 0.25) is 23.0 Å². The molecule has 0 unspecified atom stereocenters. The Kier molecular flexibility index (Phi) is 8.85. The van der Waals surface area contributed by atoms with Crippen molar-refractivity contribution in [3.05, 3.63) is 81.7 Å². The molecule has 0 bridgehead atoms. The summed E-state index contributed by atoms with van der Waals surface area (Å²) in [6, 6.07) is 9.46. The van der Waals surface area contributed by atoms with Gasteiger partial charge in [-0.3, -0.25) is 19.4 Å². The lowest BCUT2D eigenvalue weighted by molar-refractivity contribution is -0.135. The first-order valence-corrected chi connectivity index (χ1v) is 12.9. The molecule has 1 aromatic carbocycles.